The molecule has 2 aliphatic heterocycles. The lowest BCUT2D eigenvalue weighted by atomic mass is 10.1. The van der Waals surface area contributed by atoms with Gasteiger partial charge in [0.25, 0.3) is 0 Å². The lowest BCUT2D eigenvalue weighted by Gasteiger charge is -2.33. The molecule has 98 valence electrons. The van der Waals surface area contributed by atoms with Crippen molar-refractivity contribution < 1.29 is 24.1 Å². The van der Waals surface area contributed by atoms with Gasteiger partial charge in [-0.3, -0.25) is 0 Å². The number of aromatic carboxylic acids is 1. The van der Waals surface area contributed by atoms with Gasteiger partial charge in [0.15, 0.2) is 5.69 Å². The molecule has 0 bridgehead atoms. The molecule has 0 saturated carbocycles. The van der Waals surface area contributed by atoms with Crippen molar-refractivity contribution in [3.05, 3.63) is 11.8 Å². The van der Waals surface area contributed by atoms with E-state index < -0.39 is 5.97 Å². The van der Waals surface area contributed by atoms with Crippen molar-refractivity contribution in [1.29, 1.82) is 0 Å². The molecule has 2 atom stereocenters. The van der Waals surface area contributed by atoms with Crippen molar-refractivity contribution in [1.82, 2.24) is 9.78 Å². The Balaban J connectivity index is 1.73. The topological polar surface area (TPSA) is 82.8 Å². The maximum Gasteiger partial charge on any atom is 0.356 e. The molecule has 0 amide bonds. The Morgan fingerprint density at radius 3 is 3.06 bits per heavy atom. The molecule has 3 heterocycles. The Morgan fingerprint density at radius 1 is 1.44 bits per heavy atom. The summed E-state index contributed by atoms with van der Waals surface area (Å²) in [5, 5.41) is 12.8. The van der Waals surface area contributed by atoms with E-state index in [4.69, 9.17) is 19.3 Å². The third-order valence-electron chi connectivity index (χ3n) is 3.12. The molecule has 0 spiro atoms. The second-order valence-corrected chi connectivity index (χ2v) is 4.33. The monoisotopic (exact) mass is 254 g/mol. The minimum atomic E-state index is -1.05. The predicted octanol–water partition coefficient (Wildman–Crippen LogP) is 0.148. The van der Waals surface area contributed by atoms with Crippen molar-refractivity contribution in [2.75, 3.05) is 19.8 Å². The number of ether oxygens (including phenoxy) is 3. The van der Waals surface area contributed by atoms with E-state index in [1.54, 1.807) is 4.68 Å². The van der Waals surface area contributed by atoms with Crippen LogP contribution in [0.1, 0.15) is 16.9 Å². The molecular formula is C11H14N2O5. The van der Waals surface area contributed by atoms with Gasteiger partial charge in [0.05, 0.1) is 19.8 Å². The van der Waals surface area contributed by atoms with Gasteiger partial charge in [0.1, 0.15) is 12.2 Å². The largest absolute Gasteiger partial charge is 0.476 e. The Kier molecular flexibility index (Phi) is 2.92. The van der Waals surface area contributed by atoms with Gasteiger partial charge in [-0.25, -0.2) is 9.48 Å². The molecule has 0 aromatic carbocycles. The molecule has 2 aliphatic rings. The molecule has 1 fully saturated rings. The SMILES string of the molecule is O=C(O)c1cc2n(n1)CCC(C1COCCO1)O2. The van der Waals surface area contributed by atoms with E-state index >= 15 is 0 Å². The first-order valence-electron chi connectivity index (χ1n) is 5.91. The number of rotatable bonds is 2. The van der Waals surface area contributed by atoms with E-state index in [1.807, 2.05) is 0 Å². The van der Waals surface area contributed by atoms with Crippen LogP contribution in [-0.4, -0.2) is 52.9 Å². The van der Waals surface area contributed by atoms with Crippen LogP contribution < -0.4 is 4.74 Å². The summed E-state index contributed by atoms with van der Waals surface area (Å²) >= 11 is 0. The lowest BCUT2D eigenvalue weighted by molar-refractivity contribution is -0.132. The van der Waals surface area contributed by atoms with Crippen LogP contribution in [0.5, 0.6) is 5.88 Å². The molecule has 3 rings (SSSR count). The predicted molar refractivity (Wildman–Crippen MR) is 58.8 cm³/mol. The summed E-state index contributed by atoms with van der Waals surface area (Å²) in [4.78, 5) is 10.8. The van der Waals surface area contributed by atoms with E-state index in [9.17, 15) is 4.79 Å². The van der Waals surface area contributed by atoms with Gasteiger partial charge in [0, 0.05) is 19.0 Å². The molecule has 1 saturated heterocycles. The van der Waals surface area contributed by atoms with Crippen molar-refractivity contribution in [3.8, 4) is 5.88 Å². The second-order valence-electron chi connectivity index (χ2n) is 4.33. The fourth-order valence-electron chi connectivity index (χ4n) is 2.21. The van der Waals surface area contributed by atoms with Gasteiger partial charge in [0.2, 0.25) is 5.88 Å². The summed E-state index contributed by atoms with van der Waals surface area (Å²) < 4.78 is 18.2. The van der Waals surface area contributed by atoms with Gasteiger partial charge >= 0.3 is 5.97 Å². The number of hydrogen-bond acceptors (Lipinski definition) is 5. The lowest BCUT2D eigenvalue weighted by Crippen LogP contribution is -2.44. The van der Waals surface area contributed by atoms with E-state index in [-0.39, 0.29) is 17.9 Å². The fraction of sp³-hybridized carbons (Fsp3) is 0.636. The Morgan fingerprint density at radius 2 is 2.33 bits per heavy atom. The van der Waals surface area contributed by atoms with Crippen LogP contribution >= 0.6 is 0 Å². The average molecular weight is 254 g/mol. The fourth-order valence-corrected chi connectivity index (χ4v) is 2.21. The minimum Gasteiger partial charge on any atom is -0.476 e. The number of hydrogen-bond donors (Lipinski definition) is 1. The molecule has 18 heavy (non-hydrogen) atoms. The van der Waals surface area contributed by atoms with Crippen LogP contribution in [0.4, 0.5) is 0 Å². The van der Waals surface area contributed by atoms with Crippen LogP contribution in [0.25, 0.3) is 0 Å². The molecule has 0 aliphatic carbocycles. The number of fused-ring (bicyclic) bond motifs is 1. The zero-order valence-electron chi connectivity index (χ0n) is 9.74. The van der Waals surface area contributed by atoms with Crippen LogP contribution in [0.2, 0.25) is 0 Å². The Hall–Kier alpha value is -1.60. The van der Waals surface area contributed by atoms with Crippen LogP contribution in [0.3, 0.4) is 0 Å². The molecule has 1 N–H and O–H groups in total. The van der Waals surface area contributed by atoms with E-state index in [0.717, 1.165) is 6.42 Å². The Bertz CT molecular complexity index is 452. The highest BCUT2D eigenvalue weighted by Crippen LogP contribution is 2.25. The van der Waals surface area contributed by atoms with Crippen molar-refractivity contribution in [2.24, 2.45) is 0 Å². The standard InChI is InChI=1S/C11H14N2O5/c14-11(15)7-5-10-13(12-7)2-1-8(18-10)9-6-16-3-4-17-9/h5,8-9H,1-4,6H2,(H,14,15). The zero-order chi connectivity index (χ0) is 12.5. The molecule has 7 nitrogen and oxygen atoms in total. The first-order chi connectivity index (χ1) is 8.74. The summed E-state index contributed by atoms with van der Waals surface area (Å²) in [6.45, 7) is 2.34. The van der Waals surface area contributed by atoms with Crippen LogP contribution in [-0.2, 0) is 16.0 Å². The van der Waals surface area contributed by atoms with Gasteiger partial charge in [-0.2, -0.15) is 5.10 Å². The number of carboxylic acid groups (broad SMARTS) is 1. The molecule has 7 heteroatoms. The zero-order valence-corrected chi connectivity index (χ0v) is 9.74. The summed E-state index contributed by atoms with van der Waals surface area (Å²) in [5.41, 5.74) is 0.00598. The Labute approximate surface area is 103 Å². The number of nitrogens with zero attached hydrogens (tertiary/aromatic N) is 2. The average Bonchev–Trinajstić information content (AvgIpc) is 2.82. The third-order valence-corrected chi connectivity index (χ3v) is 3.12. The molecule has 1 aromatic heterocycles. The minimum absolute atomic E-state index is 0.00598. The molecule has 2 unspecified atom stereocenters. The smallest absolute Gasteiger partial charge is 0.356 e. The summed E-state index contributed by atoms with van der Waals surface area (Å²) in [6, 6.07) is 1.44. The van der Waals surface area contributed by atoms with Gasteiger partial charge < -0.3 is 19.3 Å². The number of carbonyl (C=O) groups is 1. The third kappa shape index (κ3) is 2.06. The van der Waals surface area contributed by atoms with Crippen molar-refractivity contribution in [3.63, 3.8) is 0 Å². The first kappa shape index (κ1) is 11.5. The van der Waals surface area contributed by atoms with Crippen molar-refractivity contribution in [2.45, 2.75) is 25.2 Å². The van der Waals surface area contributed by atoms with Gasteiger partial charge in [-0.1, -0.05) is 0 Å². The van der Waals surface area contributed by atoms with E-state index in [1.165, 1.54) is 6.07 Å². The quantitative estimate of drug-likeness (QED) is 0.808. The van der Waals surface area contributed by atoms with Gasteiger partial charge in [-0.15, -0.1) is 0 Å². The van der Waals surface area contributed by atoms with Crippen LogP contribution in [0, 0.1) is 0 Å². The highest BCUT2D eigenvalue weighted by atomic mass is 16.6. The summed E-state index contributed by atoms with van der Waals surface area (Å²) in [7, 11) is 0. The maximum atomic E-state index is 10.8. The van der Waals surface area contributed by atoms with Gasteiger partial charge in [-0.05, 0) is 0 Å². The van der Waals surface area contributed by atoms with E-state index in [0.29, 0.717) is 32.2 Å². The summed E-state index contributed by atoms with van der Waals surface area (Å²) in [6.07, 6.45) is 0.550. The highest BCUT2D eigenvalue weighted by Gasteiger charge is 2.31. The number of carboxylic acids is 1. The molecule has 1 aromatic rings. The maximum absolute atomic E-state index is 10.8. The molecule has 0 radical (unpaired) electrons. The normalized spacial score (nSPS) is 27.3. The first-order valence-corrected chi connectivity index (χ1v) is 5.91. The number of aryl methyl sites for hydroxylation is 1. The van der Waals surface area contributed by atoms with E-state index in [2.05, 4.69) is 5.10 Å². The molecular weight excluding hydrogens is 240 g/mol. The summed E-state index contributed by atoms with van der Waals surface area (Å²) in [5.74, 6) is -0.563. The van der Waals surface area contributed by atoms with Crippen molar-refractivity contribution >= 4 is 5.97 Å². The number of aromatic nitrogens is 2. The van der Waals surface area contributed by atoms with Crippen LogP contribution in [0.15, 0.2) is 6.07 Å². The second kappa shape index (κ2) is 4.58. The highest BCUT2D eigenvalue weighted by molar-refractivity contribution is 5.85.